The highest BCUT2D eigenvalue weighted by atomic mass is 16.6. The van der Waals surface area contributed by atoms with Crippen molar-refractivity contribution in [2.45, 2.75) is 36.9 Å². The number of hydrogen-bond acceptors (Lipinski definition) is 9. The molecule has 0 saturated carbocycles. The van der Waals surface area contributed by atoms with Gasteiger partial charge in [-0.25, -0.2) is 4.79 Å². The number of ether oxygens (including phenoxy) is 5. The molecule has 2 N–H and O–H groups in total. The van der Waals surface area contributed by atoms with Crippen LogP contribution in [0.4, 0.5) is 0 Å². The SMILES string of the molecule is COc1ccc(C(OC[C@H]2OC(c3[nH]c(=O)nc4occc34)[C@H](OC)[C@H]2O)(c2ccccc2)c2ccc(OC)cc2C)cc1. The first-order valence-electron chi connectivity index (χ1n) is 14.2. The molecule has 0 amide bonds. The minimum absolute atomic E-state index is 0.0201. The van der Waals surface area contributed by atoms with E-state index in [0.717, 1.165) is 28.0 Å². The van der Waals surface area contributed by atoms with E-state index in [1.807, 2.05) is 79.7 Å². The summed E-state index contributed by atoms with van der Waals surface area (Å²) in [6.45, 7) is 1.99. The third-order valence-corrected chi connectivity index (χ3v) is 8.23. The van der Waals surface area contributed by atoms with Crippen molar-refractivity contribution in [1.82, 2.24) is 9.97 Å². The first kappa shape index (κ1) is 29.6. The van der Waals surface area contributed by atoms with E-state index in [1.165, 1.54) is 13.4 Å². The highest BCUT2D eigenvalue weighted by Crippen LogP contribution is 2.45. The molecular weight excluding hydrogens is 564 g/mol. The summed E-state index contributed by atoms with van der Waals surface area (Å²) in [6.07, 6.45) is -2.06. The molecule has 0 spiro atoms. The molecule has 228 valence electrons. The van der Waals surface area contributed by atoms with Gasteiger partial charge in [0, 0.05) is 7.11 Å². The zero-order valence-electron chi connectivity index (χ0n) is 24.9. The maximum atomic E-state index is 12.3. The first-order valence-corrected chi connectivity index (χ1v) is 14.2. The van der Waals surface area contributed by atoms with Crippen LogP contribution in [0.3, 0.4) is 0 Å². The lowest BCUT2D eigenvalue weighted by atomic mass is 9.78. The van der Waals surface area contributed by atoms with Crippen LogP contribution in [-0.2, 0) is 19.8 Å². The Balaban J connectivity index is 1.44. The minimum Gasteiger partial charge on any atom is -0.497 e. The monoisotopic (exact) mass is 598 g/mol. The van der Waals surface area contributed by atoms with Gasteiger partial charge in [0.1, 0.15) is 41.5 Å². The van der Waals surface area contributed by atoms with Crippen LogP contribution >= 0.6 is 0 Å². The molecule has 1 aliphatic heterocycles. The summed E-state index contributed by atoms with van der Waals surface area (Å²) in [5, 5.41) is 12.0. The van der Waals surface area contributed by atoms with E-state index in [9.17, 15) is 9.90 Å². The molecule has 1 aliphatic rings. The van der Waals surface area contributed by atoms with Crippen LogP contribution in [-0.4, -0.2) is 61.3 Å². The van der Waals surface area contributed by atoms with Gasteiger partial charge in [-0.3, -0.25) is 0 Å². The lowest BCUT2D eigenvalue weighted by Gasteiger charge is -2.38. The van der Waals surface area contributed by atoms with Crippen molar-refractivity contribution in [2.75, 3.05) is 27.9 Å². The van der Waals surface area contributed by atoms with Crippen LogP contribution in [0.2, 0.25) is 0 Å². The van der Waals surface area contributed by atoms with Crippen LogP contribution in [0, 0.1) is 6.92 Å². The Hall–Kier alpha value is -4.48. The smallest absolute Gasteiger partial charge is 0.348 e. The van der Waals surface area contributed by atoms with Crippen LogP contribution in [0.25, 0.3) is 11.1 Å². The molecule has 0 aliphatic carbocycles. The van der Waals surface area contributed by atoms with Crippen molar-refractivity contribution >= 4 is 11.1 Å². The van der Waals surface area contributed by atoms with E-state index in [-0.39, 0.29) is 12.3 Å². The number of hydrogen-bond donors (Lipinski definition) is 2. The Labute approximate surface area is 254 Å². The van der Waals surface area contributed by atoms with Gasteiger partial charge in [-0.1, -0.05) is 48.5 Å². The Morgan fingerprint density at radius 1 is 0.932 bits per heavy atom. The number of nitrogens with zero attached hydrogens (tertiary/aromatic N) is 1. The van der Waals surface area contributed by atoms with Crippen LogP contribution in [0.15, 0.2) is 94.3 Å². The van der Waals surface area contributed by atoms with Crippen molar-refractivity contribution in [2.24, 2.45) is 0 Å². The Morgan fingerprint density at radius 2 is 1.64 bits per heavy atom. The third-order valence-electron chi connectivity index (χ3n) is 8.23. The lowest BCUT2D eigenvalue weighted by Crippen LogP contribution is -2.40. The number of furan rings is 1. The number of nitrogens with one attached hydrogen (secondary N) is 1. The molecule has 5 atom stereocenters. The van der Waals surface area contributed by atoms with Gasteiger partial charge in [0.2, 0.25) is 5.71 Å². The molecular formula is C34H34N2O8. The van der Waals surface area contributed by atoms with Gasteiger partial charge in [0.05, 0.1) is 38.2 Å². The van der Waals surface area contributed by atoms with Crippen LogP contribution in [0.1, 0.15) is 34.1 Å². The fourth-order valence-corrected chi connectivity index (χ4v) is 6.08. The second-order valence-corrected chi connectivity index (χ2v) is 10.6. The molecule has 44 heavy (non-hydrogen) atoms. The van der Waals surface area contributed by atoms with Gasteiger partial charge in [0.15, 0.2) is 0 Å². The van der Waals surface area contributed by atoms with E-state index in [0.29, 0.717) is 16.8 Å². The quantitative estimate of drug-likeness (QED) is 0.221. The number of aliphatic hydroxyl groups is 1. The number of aromatic nitrogens is 2. The summed E-state index contributed by atoms with van der Waals surface area (Å²) in [5.74, 6) is 1.43. The van der Waals surface area contributed by atoms with Gasteiger partial charge in [-0.15, -0.1) is 0 Å². The Bertz CT molecular complexity index is 1790. The minimum atomic E-state index is -1.11. The van der Waals surface area contributed by atoms with Gasteiger partial charge in [-0.05, 0) is 59.5 Å². The van der Waals surface area contributed by atoms with Gasteiger partial charge in [-0.2, -0.15) is 4.98 Å². The van der Waals surface area contributed by atoms with E-state index < -0.39 is 35.7 Å². The number of aliphatic hydroxyl groups excluding tert-OH is 1. The topological polar surface area (TPSA) is 125 Å². The van der Waals surface area contributed by atoms with Crippen molar-refractivity contribution in [3.63, 3.8) is 0 Å². The van der Waals surface area contributed by atoms with Crippen molar-refractivity contribution in [1.29, 1.82) is 0 Å². The Morgan fingerprint density at radius 3 is 2.32 bits per heavy atom. The fourth-order valence-electron chi connectivity index (χ4n) is 6.08. The normalized spacial score (nSPS) is 21.3. The number of H-pyrrole nitrogens is 1. The van der Waals surface area contributed by atoms with Crippen LogP contribution in [0.5, 0.6) is 11.5 Å². The first-order chi connectivity index (χ1) is 21.4. The van der Waals surface area contributed by atoms with Gasteiger partial charge < -0.3 is 38.2 Å². The number of rotatable bonds is 10. The highest BCUT2D eigenvalue weighted by molar-refractivity contribution is 5.76. The molecule has 0 bridgehead atoms. The zero-order chi connectivity index (χ0) is 30.8. The molecule has 2 aromatic heterocycles. The van der Waals surface area contributed by atoms with E-state index in [4.69, 9.17) is 28.1 Å². The summed E-state index contributed by atoms with van der Waals surface area (Å²) < 4.78 is 35.5. The van der Waals surface area contributed by atoms with E-state index in [1.54, 1.807) is 20.3 Å². The molecule has 3 aromatic carbocycles. The molecule has 6 rings (SSSR count). The third kappa shape index (κ3) is 5.16. The Kier molecular flexibility index (Phi) is 8.24. The zero-order valence-corrected chi connectivity index (χ0v) is 24.9. The number of fused-ring (bicyclic) bond motifs is 1. The second-order valence-electron chi connectivity index (χ2n) is 10.6. The summed E-state index contributed by atoms with van der Waals surface area (Å²) in [4.78, 5) is 19.0. The van der Waals surface area contributed by atoms with E-state index in [2.05, 4.69) is 9.97 Å². The predicted octanol–water partition coefficient (Wildman–Crippen LogP) is 4.67. The van der Waals surface area contributed by atoms with Gasteiger partial charge in [0.25, 0.3) is 0 Å². The maximum Gasteiger partial charge on any atom is 0.348 e. The summed E-state index contributed by atoms with van der Waals surface area (Å²) in [6, 6.07) is 25.2. The molecule has 2 unspecified atom stereocenters. The van der Waals surface area contributed by atoms with E-state index >= 15 is 0 Å². The largest absolute Gasteiger partial charge is 0.497 e. The maximum absolute atomic E-state index is 12.3. The van der Waals surface area contributed by atoms with Gasteiger partial charge >= 0.3 is 5.69 Å². The number of aryl methyl sites for hydroxylation is 1. The fraction of sp³-hybridized carbons (Fsp3) is 0.294. The number of aromatic amines is 1. The molecule has 0 radical (unpaired) electrons. The number of benzene rings is 3. The predicted molar refractivity (Wildman–Crippen MR) is 162 cm³/mol. The molecule has 10 nitrogen and oxygen atoms in total. The standard InChI is InChI=1S/C34H34N2O8/c1-20-18-24(40-3)14-15-26(20)34(21-8-6-5-7-9-21,22-10-12-23(39-2)13-11-22)43-19-27-29(37)31(41-4)30(44-27)28-25-16-17-42-32(25)36-33(38)35-28/h5-18,27,29-31,37H,19H2,1-4H3,(H,35,36,38)/t27-,29+,30?,31-,34?/m1/s1. The van der Waals surface area contributed by atoms with Crippen molar-refractivity contribution in [3.05, 3.63) is 124 Å². The van der Waals surface area contributed by atoms with Crippen molar-refractivity contribution < 1.29 is 33.2 Å². The summed E-state index contributed by atoms with van der Waals surface area (Å²) in [5.41, 5.74) is 2.45. The molecule has 5 aromatic rings. The second kappa shape index (κ2) is 12.3. The average Bonchev–Trinajstić information content (AvgIpc) is 3.65. The molecule has 1 saturated heterocycles. The molecule has 10 heteroatoms. The lowest BCUT2D eigenvalue weighted by molar-refractivity contribution is -0.0832. The van der Waals surface area contributed by atoms with Crippen LogP contribution < -0.4 is 15.2 Å². The van der Waals surface area contributed by atoms with Crippen molar-refractivity contribution in [3.8, 4) is 11.5 Å². The number of methoxy groups -OCH3 is 3. The highest BCUT2D eigenvalue weighted by Gasteiger charge is 2.48. The molecule has 3 heterocycles. The average molecular weight is 599 g/mol. The summed E-state index contributed by atoms with van der Waals surface area (Å²) in [7, 11) is 4.75. The summed E-state index contributed by atoms with van der Waals surface area (Å²) >= 11 is 0. The molecule has 1 fully saturated rings.